The van der Waals surface area contributed by atoms with Gasteiger partial charge in [0.2, 0.25) is 5.95 Å². The van der Waals surface area contributed by atoms with Gasteiger partial charge in [0, 0.05) is 43.8 Å². The van der Waals surface area contributed by atoms with Crippen molar-refractivity contribution in [2.24, 2.45) is 0 Å². The molecule has 1 aliphatic heterocycles. The number of para-hydroxylation sites is 2. The van der Waals surface area contributed by atoms with E-state index in [1.54, 1.807) is 0 Å². The molecule has 0 N–H and O–H groups in total. The Morgan fingerprint density at radius 1 is 0.815 bits per heavy atom. The van der Waals surface area contributed by atoms with Gasteiger partial charge in [0.15, 0.2) is 5.65 Å². The monoisotopic (exact) mass is 358 g/mol. The molecule has 6 nitrogen and oxygen atoms in total. The highest BCUT2D eigenvalue weighted by atomic mass is 15.4. The van der Waals surface area contributed by atoms with Crippen LogP contribution >= 0.6 is 0 Å². The SMILES string of the molecule is CCn1c2ccccc2c2nnc(N3CCN(c4ccccc4)CC3)nc21. The molecule has 0 saturated carbocycles. The average Bonchev–Trinajstić information content (AvgIpc) is 3.07. The molecule has 3 heterocycles. The van der Waals surface area contributed by atoms with E-state index in [1.165, 1.54) is 11.2 Å². The minimum atomic E-state index is 0.729. The molecule has 0 unspecified atom stereocenters. The summed E-state index contributed by atoms with van der Waals surface area (Å²) in [6.45, 7) is 6.73. The van der Waals surface area contributed by atoms with Crippen LogP contribution in [0, 0.1) is 0 Å². The molecule has 1 saturated heterocycles. The predicted octanol–water partition coefficient (Wildman–Crippen LogP) is 3.33. The molecule has 0 spiro atoms. The summed E-state index contributed by atoms with van der Waals surface area (Å²) in [4.78, 5) is 9.55. The lowest BCUT2D eigenvalue weighted by atomic mass is 10.2. The second-order valence-corrected chi connectivity index (χ2v) is 6.86. The van der Waals surface area contributed by atoms with Crippen LogP contribution in [0.25, 0.3) is 22.1 Å². The molecule has 0 aliphatic carbocycles. The minimum Gasteiger partial charge on any atom is -0.368 e. The third kappa shape index (κ3) is 2.68. The molecule has 0 bridgehead atoms. The molecule has 0 amide bonds. The molecular weight excluding hydrogens is 336 g/mol. The predicted molar refractivity (Wildman–Crippen MR) is 109 cm³/mol. The van der Waals surface area contributed by atoms with Crippen LogP contribution in [0.15, 0.2) is 54.6 Å². The Balaban J connectivity index is 1.45. The first kappa shape index (κ1) is 16.1. The molecule has 2 aromatic heterocycles. The fourth-order valence-electron chi connectivity index (χ4n) is 3.95. The fraction of sp³-hybridized carbons (Fsp3) is 0.286. The molecule has 4 aromatic rings. The van der Waals surface area contributed by atoms with Gasteiger partial charge >= 0.3 is 0 Å². The smallest absolute Gasteiger partial charge is 0.247 e. The van der Waals surface area contributed by atoms with Crippen molar-refractivity contribution in [1.82, 2.24) is 19.7 Å². The van der Waals surface area contributed by atoms with Crippen molar-refractivity contribution in [1.29, 1.82) is 0 Å². The maximum atomic E-state index is 4.90. The van der Waals surface area contributed by atoms with Crippen molar-refractivity contribution in [3.8, 4) is 0 Å². The molecule has 0 radical (unpaired) electrons. The lowest BCUT2D eigenvalue weighted by molar-refractivity contribution is 0.636. The van der Waals surface area contributed by atoms with Gasteiger partial charge in [0.1, 0.15) is 5.52 Å². The minimum absolute atomic E-state index is 0.729. The maximum absolute atomic E-state index is 4.90. The van der Waals surface area contributed by atoms with Crippen molar-refractivity contribution in [2.75, 3.05) is 36.0 Å². The standard InChI is InChI=1S/C21H22N6/c1-2-27-18-11-7-6-10-17(18)19-20(27)22-21(24-23-19)26-14-12-25(13-15-26)16-8-4-3-5-9-16/h3-11H,2,12-15H2,1H3. The zero-order valence-corrected chi connectivity index (χ0v) is 15.4. The Morgan fingerprint density at radius 3 is 2.30 bits per heavy atom. The lowest BCUT2D eigenvalue weighted by Gasteiger charge is -2.35. The van der Waals surface area contributed by atoms with Crippen LogP contribution in [0.3, 0.4) is 0 Å². The second-order valence-electron chi connectivity index (χ2n) is 6.86. The first-order chi connectivity index (χ1) is 13.3. The Bertz CT molecular complexity index is 1080. The van der Waals surface area contributed by atoms with E-state index >= 15 is 0 Å². The normalized spacial score (nSPS) is 15.0. The van der Waals surface area contributed by atoms with E-state index in [-0.39, 0.29) is 0 Å². The van der Waals surface area contributed by atoms with E-state index in [4.69, 9.17) is 4.98 Å². The van der Waals surface area contributed by atoms with Gasteiger partial charge in [-0.15, -0.1) is 10.2 Å². The van der Waals surface area contributed by atoms with Gasteiger partial charge in [0.05, 0.1) is 5.52 Å². The van der Waals surface area contributed by atoms with Crippen LogP contribution in [0.4, 0.5) is 11.6 Å². The summed E-state index contributed by atoms with van der Waals surface area (Å²) in [5.41, 5.74) is 4.26. The van der Waals surface area contributed by atoms with Gasteiger partial charge in [-0.05, 0) is 25.1 Å². The van der Waals surface area contributed by atoms with Crippen LogP contribution in [0.5, 0.6) is 0 Å². The first-order valence-corrected chi connectivity index (χ1v) is 9.52. The molecule has 6 heteroatoms. The molecule has 5 rings (SSSR count). The number of aromatic nitrogens is 4. The number of fused-ring (bicyclic) bond motifs is 3. The van der Waals surface area contributed by atoms with E-state index in [9.17, 15) is 0 Å². The van der Waals surface area contributed by atoms with E-state index < -0.39 is 0 Å². The third-order valence-corrected chi connectivity index (χ3v) is 5.36. The average molecular weight is 358 g/mol. The number of aryl methyl sites for hydroxylation is 1. The maximum Gasteiger partial charge on any atom is 0.247 e. The van der Waals surface area contributed by atoms with Gasteiger partial charge in [-0.25, -0.2) is 0 Å². The van der Waals surface area contributed by atoms with Crippen molar-refractivity contribution in [2.45, 2.75) is 13.5 Å². The third-order valence-electron chi connectivity index (χ3n) is 5.36. The molecule has 2 aromatic carbocycles. The summed E-state index contributed by atoms with van der Waals surface area (Å²) in [5, 5.41) is 10.1. The van der Waals surface area contributed by atoms with Gasteiger partial charge < -0.3 is 14.4 Å². The van der Waals surface area contributed by atoms with E-state index in [1.807, 2.05) is 6.07 Å². The highest BCUT2D eigenvalue weighted by Gasteiger charge is 2.21. The fourth-order valence-corrected chi connectivity index (χ4v) is 3.95. The Labute approximate surface area is 158 Å². The van der Waals surface area contributed by atoms with E-state index in [0.29, 0.717) is 0 Å². The quantitative estimate of drug-likeness (QED) is 0.562. The van der Waals surface area contributed by atoms with E-state index in [2.05, 4.69) is 80.0 Å². The van der Waals surface area contributed by atoms with E-state index in [0.717, 1.165) is 55.2 Å². The molecule has 1 fully saturated rings. The van der Waals surface area contributed by atoms with Crippen LogP contribution in [0.1, 0.15) is 6.92 Å². The Kier molecular flexibility index (Phi) is 3.89. The zero-order valence-electron chi connectivity index (χ0n) is 15.4. The molecule has 27 heavy (non-hydrogen) atoms. The van der Waals surface area contributed by atoms with Crippen LogP contribution in [-0.4, -0.2) is 45.9 Å². The topological polar surface area (TPSA) is 50.1 Å². The van der Waals surface area contributed by atoms with Crippen molar-refractivity contribution >= 4 is 33.7 Å². The molecule has 136 valence electrons. The van der Waals surface area contributed by atoms with Crippen LogP contribution in [-0.2, 0) is 6.54 Å². The number of hydrogen-bond donors (Lipinski definition) is 0. The Hall–Kier alpha value is -3.15. The first-order valence-electron chi connectivity index (χ1n) is 9.52. The number of benzene rings is 2. The zero-order chi connectivity index (χ0) is 18.2. The van der Waals surface area contributed by atoms with Crippen LogP contribution in [0.2, 0.25) is 0 Å². The van der Waals surface area contributed by atoms with Gasteiger partial charge in [-0.1, -0.05) is 36.4 Å². The summed E-state index contributed by atoms with van der Waals surface area (Å²) in [6, 6.07) is 18.9. The van der Waals surface area contributed by atoms with Crippen LogP contribution < -0.4 is 9.80 Å². The second kappa shape index (κ2) is 6.54. The van der Waals surface area contributed by atoms with Gasteiger partial charge in [0.25, 0.3) is 0 Å². The number of hydrogen-bond acceptors (Lipinski definition) is 5. The molecule has 1 aliphatic rings. The number of rotatable bonds is 3. The number of anilines is 2. The summed E-state index contributed by atoms with van der Waals surface area (Å²) in [6.07, 6.45) is 0. The molecule has 0 atom stereocenters. The molecular formula is C21H22N6. The summed E-state index contributed by atoms with van der Waals surface area (Å²) in [5.74, 6) is 0.729. The Morgan fingerprint density at radius 2 is 1.52 bits per heavy atom. The largest absolute Gasteiger partial charge is 0.368 e. The number of piperazine rings is 1. The van der Waals surface area contributed by atoms with Crippen molar-refractivity contribution in [3.63, 3.8) is 0 Å². The summed E-state index contributed by atoms with van der Waals surface area (Å²) < 4.78 is 2.23. The lowest BCUT2D eigenvalue weighted by Crippen LogP contribution is -2.47. The van der Waals surface area contributed by atoms with Crippen molar-refractivity contribution < 1.29 is 0 Å². The summed E-state index contributed by atoms with van der Waals surface area (Å²) >= 11 is 0. The summed E-state index contributed by atoms with van der Waals surface area (Å²) in [7, 11) is 0. The van der Waals surface area contributed by atoms with Gasteiger partial charge in [-0.3, -0.25) is 0 Å². The highest BCUT2D eigenvalue weighted by molar-refractivity contribution is 6.04. The van der Waals surface area contributed by atoms with Crippen molar-refractivity contribution in [3.05, 3.63) is 54.6 Å². The number of nitrogens with zero attached hydrogens (tertiary/aromatic N) is 6. The van der Waals surface area contributed by atoms with Gasteiger partial charge in [-0.2, -0.15) is 4.98 Å². The highest BCUT2D eigenvalue weighted by Crippen LogP contribution is 2.27.